The zero-order chi connectivity index (χ0) is 23.5. The van der Waals surface area contributed by atoms with Crippen LogP contribution in [0.4, 0.5) is 4.79 Å². The van der Waals surface area contributed by atoms with Crippen LogP contribution in [0, 0.1) is 11.8 Å². The Bertz CT molecular complexity index is 999. The minimum Gasteiger partial charge on any atom is -0.481 e. The maximum absolute atomic E-state index is 12.6. The van der Waals surface area contributed by atoms with Crippen molar-refractivity contribution in [1.29, 1.82) is 0 Å². The highest BCUT2D eigenvalue weighted by Crippen LogP contribution is 2.44. The van der Waals surface area contributed by atoms with Gasteiger partial charge >= 0.3 is 12.1 Å². The van der Waals surface area contributed by atoms with E-state index in [0.29, 0.717) is 13.1 Å². The average Bonchev–Trinajstić information content (AvgIpc) is 3.07. The van der Waals surface area contributed by atoms with Crippen LogP contribution in [0.3, 0.4) is 0 Å². The van der Waals surface area contributed by atoms with E-state index in [-0.39, 0.29) is 49.2 Å². The predicted octanol–water partition coefficient (Wildman–Crippen LogP) is 3.87. The largest absolute Gasteiger partial charge is 0.481 e. The van der Waals surface area contributed by atoms with E-state index in [1.54, 1.807) is 4.90 Å². The van der Waals surface area contributed by atoms with Gasteiger partial charge in [-0.25, -0.2) is 4.79 Å². The van der Waals surface area contributed by atoms with Gasteiger partial charge in [-0.3, -0.25) is 9.59 Å². The molecule has 1 saturated heterocycles. The number of amides is 2. The van der Waals surface area contributed by atoms with E-state index in [0.717, 1.165) is 11.1 Å². The molecular formula is C26H30N2O5. The lowest BCUT2D eigenvalue weighted by atomic mass is 9.94. The summed E-state index contributed by atoms with van der Waals surface area (Å²) in [6.45, 7) is 5.04. The number of hydrogen-bond acceptors (Lipinski definition) is 4. The molecule has 33 heavy (non-hydrogen) atoms. The van der Waals surface area contributed by atoms with Crippen molar-refractivity contribution in [2.24, 2.45) is 11.8 Å². The van der Waals surface area contributed by atoms with Gasteiger partial charge in [0.1, 0.15) is 6.61 Å². The Balaban J connectivity index is 1.32. The van der Waals surface area contributed by atoms with Crippen molar-refractivity contribution in [3.8, 4) is 11.1 Å². The molecule has 7 nitrogen and oxygen atoms in total. The second-order valence-corrected chi connectivity index (χ2v) is 9.29. The molecule has 1 aliphatic carbocycles. The van der Waals surface area contributed by atoms with Crippen LogP contribution in [0.1, 0.15) is 43.7 Å². The minimum absolute atomic E-state index is 0.0130. The van der Waals surface area contributed by atoms with E-state index in [1.165, 1.54) is 11.1 Å². The van der Waals surface area contributed by atoms with Crippen molar-refractivity contribution < 1.29 is 24.2 Å². The van der Waals surface area contributed by atoms with Gasteiger partial charge in [0.05, 0.1) is 6.42 Å². The first kappa shape index (κ1) is 22.8. The molecule has 7 heteroatoms. The maximum Gasteiger partial charge on any atom is 0.407 e. The van der Waals surface area contributed by atoms with Gasteiger partial charge in [0, 0.05) is 37.4 Å². The lowest BCUT2D eigenvalue weighted by Crippen LogP contribution is -2.52. The fourth-order valence-corrected chi connectivity index (χ4v) is 4.71. The molecule has 2 aromatic carbocycles. The normalized spacial score (nSPS) is 16.0. The number of fused-ring (bicyclic) bond motifs is 3. The molecule has 1 heterocycles. The van der Waals surface area contributed by atoms with Gasteiger partial charge < -0.3 is 20.1 Å². The van der Waals surface area contributed by atoms with Crippen molar-refractivity contribution in [3.63, 3.8) is 0 Å². The number of rotatable bonds is 8. The van der Waals surface area contributed by atoms with Gasteiger partial charge in [-0.1, -0.05) is 62.4 Å². The van der Waals surface area contributed by atoms with Crippen LogP contribution < -0.4 is 5.32 Å². The third kappa shape index (κ3) is 5.02. The van der Waals surface area contributed by atoms with Gasteiger partial charge in [-0.2, -0.15) is 0 Å². The topological polar surface area (TPSA) is 95.9 Å². The van der Waals surface area contributed by atoms with Gasteiger partial charge in [0.15, 0.2) is 0 Å². The number of carboxylic acid groups (broad SMARTS) is 1. The van der Waals surface area contributed by atoms with Crippen molar-refractivity contribution in [3.05, 3.63) is 59.7 Å². The van der Waals surface area contributed by atoms with E-state index in [2.05, 4.69) is 29.6 Å². The number of benzene rings is 2. The Hall–Kier alpha value is -3.35. The molecule has 0 unspecified atom stereocenters. The van der Waals surface area contributed by atoms with E-state index >= 15 is 0 Å². The summed E-state index contributed by atoms with van der Waals surface area (Å²) >= 11 is 0. The number of carbonyl (C=O) groups excluding carboxylic acids is 2. The molecule has 1 fully saturated rings. The van der Waals surface area contributed by atoms with Crippen LogP contribution in [-0.2, 0) is 14.3 Å². The van der Waals surface area contributed by atoms with Crippen LogP contribution in [0.25, 0.3) is 11.1 Å². The smallest absolute Gasteiger partial charge is 0.407 e. The van der Waals surface area contributed by atoms with Crippen molar-refractivity contribution in [1.82, 2.24) is 10.2 Å². The predicted molar refractivity (Wildman–Crippen MR) is 124 cm³/mol. The number of nitrogens with zero attached hydrogens (tertiary/aromatic N) is 1. The molecule has 0 saturated carbocycles. The van der Waals surface area contributed by atoms with Crippen LogP contribution in [0.15, 0.2) is 48.5 Å². The van der Waals surface area contributed by atoms with E-state index in [4.69, 9.17) is 9.84 Å². The molecule has 0 spiro atoms. The van der Waals surface area contributed by atoms with Crippen LogP contribution >= 0.6 is 0 Å². The first-order chi connectivity index (χ1) is 15.8. The second-order valence-electron chi connectivity index (χ2n) is 9.29. The second kappa shape index (κ2) is 9.65. The number of nitrogens with one attached hydrogen (secondary N) is 1. The van der Waals surface area contributed by atoms with Crippen molar-refractivity contribution in [2.45, 2.75) is 38.6 Å². The summed E-state index contributed by atoms with van der Waals surface area (Å²) in [6.07, 6.45) is -0.285. The zero-order valence-corrected chi connectivity index (χ0v) is 19.0. The molecule has 174 valence electrons. The molecule has 2 aromatic rings. The van der Waals surface area contributed by atoms with Gasteiger partial charge in [0.25, 0.3) is 0 Å². The van der Waals surface area contributed by atoms with Gasteiger partial charge in [-0.05, 0) is 28.2 Å². The fraction of sp³-hybridized carbons (Fsp3) is 0.423. The van der Waals surface area contributed by atoms with E-state index < -0.39 is 12.1 Å². The van der Waals surface area contributed by atoms with E-state index in [9.17, 15) is 14.4 Å². The Kier molecular flexibility index (Phi) is 6.67. The standard InChI is InChI=1S/C26H30N2O5/c1-16(2)23(12-24(29)28-13-17(14-28)11-25(30)31)27-26(32)33-15-22-20-9-5-3-7-18(20)19-8-4-6-10-21(19)22/h3-10,16-17,22-23H,11-15H2,1-2H3,(H,27,32)(H,30,31)/t23-/m1/s1. The Morgan fingerprint density at radius 1 is 1.03 bits per heavy atom. The molecule has 2 amide bonds. The first-order valence-corrected chi connectivity index (χ1v) is 11.4. The lowest BCUT2D eigenvalue weighted by Gasteiger charge is -2.39. The summed E-state index contributed by atoms with van der Waals surface area (Å²) in [4.78, 5) is 37.7. The maximum atomic E-state index is 12.6. The van der Waals surface area contributed by atoms with Crippen molar-refractivity contribution >= 4 is 18.0 Å². The van der Waals surface area contributed by atoms with Crippen LogP contribution in [0.2, 0.25) is 0 Å². The fourth-order valence-electron chi connectivity index (χ4n) is 4.71. The summed E-state index contributed by atoms with van der Waals surface area (Å²) in [6, 6.07) is 16.0. The van der Waals surface area contributed by atoms with Crippen LogP contribution in [0.5, 0.6) is 0 Å². The molecule has 2 N–H and O–H groups in total. The highest BCUT2D eigenvalue weighted by Gasteiger charge is 2.34. The summed E-state index contributed by atoms with van der Waals surface area (Å²) in [5.41, 5.74) is 4.64. The quantitative estimate of drug-likeness (QED) is 0.637. The first-order valence-electron chi connectivity index (χ1n) is 11.4. The van der Waals surface area contributed by atoms with E-state index in [1.807, 2.05) is 38.1 Å². The molecule has 1 aliphatic heterocycles. The molecule has 0 bridgehead atoms. The minimum atomic E-state index is -0.843. The number of likely N-dealkylation sites (tertiary alicyclic amines) is 1. The highest BCUT2D eigenvalue weighted by atomic mass is 16.5. The molecule has 1 atom stereocenters. The number of hydrogen-bond donors (Lipinski definition) is 2. The molecule has 4 rings (SSSR count). The Morgan fingerprint density at radius 2 is 1.61 bits per heavy atom. The van der Waals surface area contributed by atoms with Gasteiger partial charge in [-0.15, -0.1) is 0 Å². The number of ether oxygens (including phenoxy) is 1. The molecule has 2 aliphatic rings. The monoisotopic (exact) mass is 450 g/mol. The molecule has 0 radical (unpaired) electrons. The SMILES string of the molecule is CC(C)[C@@H](CC(=O)N1CC(CC(=O)O)C1)NC(=O)OCC1c2ccccc2-c2ccccc21. The number of alkyl carbamates (subject to hydrolysis) is 1. The third-order valence-electron chi connectivity index (χ3n) is 6.62. The molecular weight excluding hydrogens is 420 g/mol. The molecule has 0 aromatic heterocycles. The zero-order valence-electron chi connectivity index (χ0n) is 19.0. The summed E-state index contributed by atoms with van der Waals surface area (Å²) in [5.74, 6) is -0.877. The Morgan fingerprint density at radius 3 is 2.15 bits per heavy atom. The highest BCUT2D eigenvalue weighted by molar-refractivity contribution is 5.80. The summed E-state index contributed by atoms with van der Waals surface area (Å²) in [5, 5.41) is 11.7. The number of carbonyl (C=O) groups is 3. The lowest BCUT2D eigenvalue weighted by molar-refractivity contribution is -0.145. The van der Waals surface area contributed by atoms with Crippen LogP contribution in [-0.4, -0.2) is 53.7 Å². The number of aliphatic carboxylic acids is 1. The summed E-state index contributed by atoms with van der Waals surface area (Å²) < 4.78 is 5.62. The Labute approximate surface area is 193 Å². The number of carboxylic acids is 1. The van der Waals surface area contributed by atoms with Crippen molar-refractivity contribution in [2.75, 3.05) is 19.7 Å². The average molecular weight is 451 g/mol. The third-order valence-corrected chi connectivity index (χ3v) is 6.62. The summed E-state index contributed by atoms with van der Waals surface area (Å²) in [7, 11) is 0. The van der Waals surface area contributed by atoms with Gasteiger partial charge in [0.2, 0.25) is 5.91 Å².